The standard InChI is InChI=1S/C32H40FN7O2/c1-22(33)32(41)40-15-14-39(19-24(40)9-11-34)29-16-31(42-21-25-7-5-12-37(25)2)36-28-20-38(13-10-27(28)29)30-18-35-17-23-6-3-4-8-26(23)30/h16-18,24-25H,1,3-10,12-15,19-21H2,2H3/t24-,25-/m0/s1. The minimum atomic E-state index is -0.988. The Kier molecular flexibility index (Phi) is 8.29. The second-order valence-corrected chi connectivity index (χ2v) is 12.0. The van der Waals surface area contributed by atoms with Crippen molar-refractivity contribution in [3.8, 4) is 11.9 Å². The van der Waals surface area contributed by atoms with Crippen molar-refractivity contribution in [2.75, 3.05) is 56.2 Å². The molecule has 4 aliphatic rings. The Bertz CT molecular complexity index is 1390. The van der Waals surface area contributed by atoms with Gasteiger partial charge in [-0.05, 0) is 69.7 Å². The van der Waals surface area contributed by atoms with Gasteiger partial charge in [-0.1, -0.05) is 6.58 Å². The molecule has 1 amide bonds. The average molecular weight is 574 g/mol. The number of likely N-dealkylation sites (N-methyl/N-ethyl adjacent to an activating group) is 1. The van der Waals surface area contributed by atoms with Gasteiger partial charge >= 0.3 is 0 Å². The van der Waals surface area contributed by atoms with E-state index >= 15 is 0 Å². The number of carbonyl (C=O) groups excluding carboxylic acids is 1. The Morgan fingerprint density at radius 2 is 1.93 bits per heavy atom. The molecule has 0 unspecified atom stereocenters. The molecule has 0 saturated carbocycles. The number of likely N-dealkylation sites (tertiary alicyclic amines) is 1. The number of hydrogen-bond acceptors (Lipinski definition) is 8. The highest BCUT2D eigenvalue weighted by Crippen LogP contribution is 2.37. The minimum Gasteiger partial charge on any atom is -0.476 e. The Labute approximate surface area is 247 Å². The van der Waals surface area contributed by atoms with Crippen molar-refractivity contribution in [2.24, 2.45) is 0 Å². The van der Waals surface area contributed by atoms with E-state index in [1.807, 2.05) is 18.5 Å². The molecule has 0 radical (unpaired) electrons. The average Bonchev–Trinajstić information content (AvgIpc) is 3.43. The maximum Gasteiger partial charge on any atom is 0.282 e. The summed E-state index contributed by atoms with van der Waals surface area (Å²) in [6.07, 6.45) is 11.9. The first-order valence-electron chi connectivity index (χ1n) is 15.3. The van der Waals surface area contributed by atoms with E-state index in [9.17, 15) is 14.4 Å². The molecule has 2 aromatic heterocycles. The molecule has 0 spiro atoms. The van der Waals surface area contributed by atoms with Gasteiger partial charge in [0.05, 0.1) is 42.7 Å². The number of pyridine rings is 2. The molecule has 2 aromatic rings. The van der Waals surface area contributed by atoms with Crippen molar-refractivity contribution < 1.29 is 13.9 Å². The summed E-state index contributed by atoms with van der Waals surface area (Å²) in [5.41, 5.74) is 7.22. The molecule has 222 valence electrons. The normalized spacial score (nSPS) is 22.4. The number of halogens is 1. The van der Waals surface area contributed by atoms with Crippen molar-refractivity contribution >= 4 is 17.3 Å². The molecule has 0 bridgehead atoms. The lowest BCUT2D eigenvalue weighted by molar-refractivity contribution is -0.131. The number of piperazine rings is 1. The maximum atomic E-state index is 13.8. The molecule has 0 N–H and O–H groups in total. The Balaban J connectivity index is 1.31. The van der Waals surface area contributed by atoms with Gasteiger partial charge in [0, 0.05) is 55.7 Å². The third-order valence-electron chi connectivity index (χ3n) is 9.46. The highest BCUT2D eigenvalue weighted by molar-refractivity contribution is 5.91. The summed E-state index contributed by atoms with van der Waals surface area (Å²) >= 11 is 0. The van der Waals surface area contributed by atoms with Crippen LogP contribution in [0.1, 0.15) is 54.5 Å². The predicted octanol–water partition coefficient (Wildman–Crippen LogP) is 3.81. The quantitative estimate of drug-likeness (QED) is 0.463. The van der Waals surface area contributed by atoms with Crippen LogP contribution in [-0.2, 0) is 30.6 Å². The van der Waals surface area contributed by atoms with E-state index in [-0.39, 0.29) is 6.42 Å². The second kappa shape index (κ2) is 12.3. The summed E-state index contributed by atoms with van der Waals surface area (Å²) in [6, 6.07) is 4.16. The fourth-order valence-electron chi connectivity index (χ4n) is 7.12. The van der Waals surface area contributed by atoms with E-state index in [1.165, 1.54) is 46.5 Å². The summed E-state index contributed by atoms with van der Waals surface area (Å²) in [6.45, 7) is 7.67. The summed E-state index contributed by atoms with van der Waals surface area (Å²) < 4.78 is 20.2. The number of ether oxygens (including phenoxy) is 1. The van der Waals surface area contributed by atoms with Crippen LogP contribution in [0, 0.1) is 11.3 Å². The number of hydrogen-bond donors (Lipinski definition) is 0. The van der Waals surface area contributed by atoms with Crippen LogP contribution in [0.15, 0.2) is 30.9 Å². The summed E-state index contributed by atoms with van der Waals surface area (Å²) in [5, 5.41) is 9.50. The Morgan fingerprint density at radius 3 is 2.71 bits per heavy atom. The lowest BCUT2D eigenvalue weighted by Gasteiger charge is -2.43. The molecular formula is C32H40FN7O2. The predicted molar refractivity (Wildman–Crippen MR) is 159 cm³/mol. The number of amides is 1. The first kappa shape index (κ1) is 28.4. The van der Waals surface area contributed by atoms with Gasteiger partial charge in [-0.3, -0.25) is 9.78 Å². The summed E-state index contributed by atoms with van der Waals surface area (Å²) in [7, 11) is 2.14. The van der Waals surface area contributed by atoms with Crippen molar-refractivity contribution in [2.45, 2.75) is 70.0 Å². The fourth-order valence-corrected chi connectivity index (χ4v) is 7.12. The molecule has 5 heterocycles. The number of anilines is 2. The number of carbonyl (C=O) groups is 1. The maximum absolute atomic E-state index is 13.8. The van der Waals surface area contributed by atoms with E-state index in [4.69, 9.17) is 9.72 Å². The number of aromatic nitrogens is 2. The number of fused-ring (bicyclic) bond motifs is 2. The van der Waals surface area contributed by atoms with E-state index in [0.717, 1.165) is 50.2 Å². The molecule has 2 fully saturated rings. The fraction of sp³-hybridized carbons (Fsp3) is 0.562. The molecule has 2 atom stereocenters. The van der Waals surface area contributed by atoms with Crippen LogP contribution >= 0.6 is 0 Å². The van der Waals surface area contributed by atoms with Crippen molar-refractivity contribution in [3.63, 3.8) is 0 Å². The molecular weight excluding hydrogens is 533 g/mol. The van der Waals surface area contributed by atoms with Gasteiger partial charge in [-0.15, -0.1) is 0 Å². The lowest BCUT2D eigenvalue weighted by Crippen LogP contribution is -2.55. The van der Waals surface area contributed by atoms with E-state index in [1.54, 1.807) is 0 Å². The second-order valence-electron chi connectivity index (χ2n) is 12.0. The largest absolute Gasteiger partial charge is 0.476 e. The van der Waals surface area contributed by atoms with E-state index in [2.05, 4.69) is 39.4 Å². The molecule has 0 aromatic carbocycles. The first-order valence-corrected chi connectivity index (χ1v) is 15.3. The van der Waals surface area contributed by atoms with Gasteiger partial charge in [-0.25, -0.2) is 9.37 Å². The summed E-state index contributed by atoms with van der Waals surface area (Å²) in [4.78, 5) is 30.6. The molecule has 9 nitrogen and oxygen atoms in total. The van der Waals surface area contributed by atoms with E-state index in [0.29, 0.717) is 44.7 Å². The zero-order valence-corrected chi connectivity index (χ0v) is 24.5. The topological polar surface area (TPSA) is 88.8 Å². The number of nitrogens with zero attached hydrogens (tertiary/aromatic N) is 7. The first-order chi connectivity index (χ1) is 20.4. The van der Waals surface area contributed by atoms with Crippen LogP contribution in [-0.4, -0.2) is 84.1 Å². The van der Waals surface area contributed by atoms with Gasteiger partial charge in [-0.2, -0.15) is 5.26 Å². The van der Waals surface area contributed by atoms with Gasteiger partial charge in [0.15, 0.2) is 5.83 Å². The minimum absolute atomic E-state index is 0.125. The van der Waals surface area contributed by atoms with Crippen LogP contribution in [0.25, 0.3) is 0 Å². The van der Waals surface area contributed by atoms with Gasteiger partial charge in [0.1, 0.15) is 6.61 Å². The Morgan fingerprint density at radius 1 is 1.07 bits per heavy atom. The van der Waals surface area contributed by atoms with E-state index < -0.39 is 17.8 Å². The van der Waals surface area contributed by atoms with Crippen molar-refractivity contribution in [3.05, 3.63) is 53.3 Å². The monoisotopic (exact) mass is 573 g/mol. The molecule has 6 rings (SSSR count). The van der Waals surface area contributed by atoms with Crippen molar-refractivity contribution in [1.82, 2.24) is 19.8 Å². The zero-order chi connectivity index (χ0) is 29.2. The van der Waals surface area contributed by atoms with Gasteiger partial charge in [0.25, 0.3) is 5.91 Å². The van der Waals surface area contributed by atoms with Crippen LogP contribution < -0.4 is 14.5 Å². The van der Waals surface area contributed by atoms with Gasteiger partial charge < -0.3 is 24.3 Å². The van der Waals surface area contributed by atoms with Crippen LogP contribution in [0.2, 0.25) is 0 Å². The molecule has 1 aliphatic carbocycles. The third-order valence-corrected chi connectivity index (χ3v) is 9.46. The highest BCUT2D eigenvalue weighted by Gasteiger charge is 2.34. The smallest absolute Gasteiger partial charge is 0.282 e. The number of nitriles is 1. The summed E-state index contributed by atoms with van der Waals surface area (Å²) in [5.74, 6) is -1.11. The van der Waals surface area contributed by atoms with Crippen LogP contribution in [0.3, 0.4) is 0 Å². The van der Waals surface area contributed by atoms with Crippen molar-refractivity contribution in [1.29, 1.82) is 5.26 Å². The van der Waals surface area contributed by atoms with Crippen LogP contribution in [0.5, 0.6) is 5.88 Å². The lowest BCUT2D eigenvalue weighted by atomic mass is 9.91. The SMILES string of the molecule is C=C(F)C(=O)N1CCN(c2cc(OC[C@@H]3CCCN3C)nc3c2CCN(c2cncc4c2CCCC4)C3)C[C@@H]1CC#N. The molecule has 3 aliphatic heterocycles. The highest BCUT2D eigenvalue weighted by atomic mass is 19.1. The van der Waals surface area contributed by atoms with Crippen LogP contribution in [0.4, 0.5) is 15.8 Å². The Hall–Kier alpha value is -3.71. The molecule has 2 saturated heterocycles. The number of aryl methyl sites for hydroxylation is 1. The zero-order valence-electron chi connectivity index (χ0n) is 24.5. The third kappa shape index (κ3) is 5.67. The number of rotatable bonds is 7. The van der Waals surface area contributed by atoms with Gasteiger partial charge in [0.2, 0.25) is 5.88 Å². The molecule has 42 heavy (non-hydrogen) atoms. The molecule has 10 heteroatoms.